The monoisotopic (exact) mass is 436 g/mol. The van der Waals surface area contributed by atoms with Gasteiger partial charge in [0.05, 0.1) is 35.1 Å². The minimum Gasteiger partial charge on any atom is -0.372 e. The van der Waals surface area contributed by atoms with Gasteiger partial charge >= 0.3 is 11.8 Å². The third-order valence-corrected chi connectivity index (χ3v) is 6.43. The molecule has 4 rings (SSSR count). The van der Waals surface area contributed by atoms with Gasteiger partial charge in [0.25, 0.3) is 0 Å². The van der Waals surface area contributed by atoms with Gasteiger partial charge in [-0.15, -0.1) is 0 Å². The number of benzene rings is 1. The number of morpholine rings is 1. The van der Waals surface area contributed by atoms with E-state index in [1.54, 1.807) is 0 Å². The van der Waals surface area contributed by atoms with Gasteiger partial charge in [0.2, 0.25) is 0 Å². The second-order valence-electron chi connectivity index (χ2n) is 7.62. The lowest BCUT2D eigenvalue weighted by atomic mass is 10.2. The highest BCUT2D eigenvalue weighted by molar-refractivity contribution is 7.90. The Bertz CT molecular complexity index is 1100. The number of sulfone groups is 1. The molecule has 0 radical (unpaired) electrons. The van der Waals surface area contributed by atoms with E-state index in [2.05, 4.69) is 10.4 Å². The van der Waals surface area contributed by atoms with Crippen molar-refractivity contribution in [2.45, 2.75) is 37.6 Å². The van der Waals surface area contributed by atoms with Crippen molar-refractivity contribution in [2.75, 3.05) is 18.4 Å². The smallest absolute Gasteiger partial charge is 0.315 e. The highest BCUT2D eigenvalue weighted by atomic mass is 32.2. The predicted octanol–water partition coefficient (Wildman–Crippen LogP) is 1.01. The standard InChI is InChI=1S/C19H21FN4O5S/c1-11-7-23(8-12(2)29-11)19(26)18(25)21-17-15-9-30(27,28)10-16(15)22-24(17)14-5-3-13(20)4-6-14/h3-6,11-12H,7-10H2,1-2H3,(H,21,25). The summed E-state index contributed by atoms with van der Waals surface area (Å²) in [7, 11) is -3.38. The molecular formula is C19H21FN4O5S. The lowest BCUT2D eigenvalue weighted by Gasteiger charge is -2.34. The molecule has 2 aliphatic rings. The predicted molar refractivity (Wildman–Crippen MR) is 105 cm³/mol. The molecule has 2 unspecified atom stereocenters. The first-order valence-corrected chi connectivity index (χ1v) is 11.3. The number of hydrogen-bond donors (Lipinski definition) is 1. The van der Waals surface area contributed by atoms with Gasteiger partial charge in [0, 0.05) is 18.7 Å². The molecule has 1 fully saturated rings. The van der Waals surface area contributed by atoms with Gasteiger partial charge in [-0.3, -0.25) is 9.59 Å². The molecule has 2 amide bonds. The third-order valence-electron chi connectivity index (χ3n) is 4.99. The summed E-state index contributed by atoms with van der Waals surface area (Å²) in [6.45, 7) is 4.19. The van der Waals surface area contributed by atoms with Crippen LogP contribution in [0.15, 0.2) is 24.3 Å². The molecule has 160 valence electrons. The number of hydrogen-bond acceptors (Lipinski definition) is 6. The SMILES string of the molecule is CC1CN(C(=O)C(=O)Nc2c3c(nn2-c2ccc(F)cc2)CS(=O)(=O)C3)CC(C)O1. The van der Waals surface area contributed by atoms with Crippen molar-refractivity contribution in [1.29, 1.82) is 0 Å². The summed E-state index contributed by atoms with van der Waals surface area (Å²) in [6, 6.07) is 5.36. The Balaban J connectivity index is 1.65. The van der Waals surface area contributed by atoms with Crippen LogP contribution >= 0.6 is 0 Å². The minimum absolute atomic E-state index is 0.102. The van der Waals surface area contributed by atoms with E-state index in [1.165, 1.54) is 33.8 Å². The number of ether oxygens (including phenoxy) is 1. The molecule has 0 bridgehead atoms. The number of amides is 2. The molecule has 9 nitrogen and oxygen atoms in total. The number of carbonyl (C=O) groups excluding carboxylic acids is 2. The first kappa shape index (κ1) is 20.5. The minimum atomic E-state index is -3.38. The number of aromatic nitrogens is 2. The lowest BCUT2D eigenvalue weighted by molar-refractivity contribution is -0.151. The van der Waals surface area contributed by atoms with Crippen molar-refractivity contribution < 1.29 is 27.1 Å². The van der Waals surface area contributed by atoms with Crippen molar-refractivity contribution in [1.82, 2.24) is 14.7 Å². The molecule has 0 spiro atoms. The van der Waals surface area contributed by atoms with E-state index in [4.69, 9.17) is 4.74 Å². The van der Waals surface area contributed by atoms with Crippen LogP contribution in [0.25, 0.3) is 5.69 Å². The Morgan fingerprint density at radius 3 is 2.40 bits per heavy atom. The maximum atomic E-state index is 13.3. The Morgan fingerprint density at radius 1 is 1.13 bits per heavy atom. The van der Waals surface area contributed by atoms with E-state index in [-0.39, 0.29) is 42.6 Å². The molecule has 0 aliphatic carbocycles. The summed E-state index contributed by atoms with van der Waals surface area (Å²) in [5.74, 6) is -2.53. The van der Waals surface area contributed by atoms with E-state index in [0.717, 1.165) is 0 Å². The van der Waals surface area contributed by atoms with E-state index in [9.17, 15) is 22.4 Å². The fourth-order valence-corrected chi connectivity index (χ4v) is 5.28. The molecule has 30 heavy (non-hydrogen) atoms. The summed E-state index contributed by atoms with van der Waals surface area (Å²) < 4.78 is 44.3. The molecule has 1 saturated heterocycles. The van der Waals surface area contributed by atoms with Gasteiger partial charge in [0.1, 0.15) is 11.6 Å². The van der Waals surface area contributed by atoms with Crippen LogP contribution in [-0.2, 0) is 35.7 Å². The molecule has 3 heterocycles. The van der Waals surface area contributed by atoms with E-state index >= 15 is 0 Å². The first-order valence-electron chi connectivity index (χ1n) is 9.46. The van der Waals surface area contributed by atoms with Crippen LogP contribution in [0.5, 0.6) is 0 Å². The fraction of sp³-hybridized carbons (Fsp3) is 0.421. The largest absolute Gasteiger partial charge is 0.372 e. The Hall–Kier alpha value is -2.79. The zero-order valence-corrected chi connectivity index (χ0v) is 17.3. The molecule has 2 aliphatic heterocycles. The van der Waals surface area contributed by atoms with Crippen molar-refractivity contribution in [3.63, 3.8) is 0 Å². The summed E-state index contributed by atoms with van der Waals surface area (Å²) in [4.78, 5) is 26.8. The van der Waals surface area contributed by atoms with E-state index in [1.807, 2.05) is 13.8 Å². The first-order chi connectivity index (χ1) is 14.1. The number of carbonyl (C=O) groups is 2. The number of nitrogens with one attached hydrogen (secondary N) is 1. The zero-order valence-electron chi connectivity index (χ0n) is 16.5. The van der Waals surface area contributed by atoms with Crippen LogP contribution in [0.3, 0.4) is 0 Å². The zero-order chi connectivity index (χ0) is 21.6. The maximum absolute atomic E-state index is 13.3. The topological polar surface area (TPSA) is 111 Å². The fourth-order valence-electron chi connectivity index (χ4n) is 3.79. The molecule has 1 N–H and O–H groups in total. The summed E-state index contributed by atoms with van der Waals surface area (Å²) in [5.41, 5.74) is 1.07. The summed E-state index contributed by atoms with van der Waals surface area (Å²) in [6.07, 6.45) is -0.408. The van der Waals surface area contributed by atoms with Crippen molar-refractivity contribution in [3.8, 4) is 5.69 Å². The average molecular weight is 436 g/mol. The number of fused-ring (bicyclic) bond motifs is 1. The Kier molecular flexibility index (Phi) is 5.10. The van der Waals surface area contributed by atoms with Gasteiger partial charge in [-0.05, 0) is 38.1 Å². The van der Waals surface area contributed by atoms with E-state index < -0.39 is 27.5 Å². The van der Waals surface area contributed by atoms with Gasteiger partial charge in [-0.1, -0.05) is 0 Å². The number of halogens is 1. The van der Waals surface area contributed by atoms with Crippen molar-refractivity contribution >= 4 is 27.5 Å². The Morgan fingerprint density at radius 2 is 1.77 bits per heavy atom. The highest BCUT2D eigenvalue weighted by Gasteiger charge is 2.35. The molecular weight excluding hydrogens is 415 g/mol. The lowest BCUT2D eigenvalue weighted by Crippen LogP contribution is -2.51. The van der Waals surface area contributed by atoms with Crippen LogP contribution in [0, 0.1) is 5.82 Å². The Labute approximate surface area is 172 Å². The van der Waals surface area contributed by atoms with Crippen molar-refractivity contribution in [3.05, 3.63) is 41.3 Å². The average Bonchev–Trinajstić information content (AvgIpc) is 3.13. The third kappa shape index (κ3) is 3.94. The molecule has 2 atom stereocenters. The second kappa shape index (κ2) is 7.47. The maximum Gasteiger partial charge on any atom is 0.315 e. The quantitative estimate of drug-likeness (QED) is 0.704. The van der Waals surface area contributed by atoms with Crippen LogP contribution in [-0.4, -0.2) is 60.2 Å². The van der Waals surface area contributed by atoms with Gasteiger partial charge in [0.15, 0.2) is 9.84 Å². The van der Waals surface area contributed by atoms with Crippen LogP contribution in [0.2, 0.25) is 0 Å². The van der Waals surface area contributed by atoms with E-state index in [0.29, 0.717) is 16.9 Å². The second-order valence-corrected chi connectivity index (χ2v) is 9.68. The number of rotatable bonds is 2. The van der Waals surface area contributed by atoms with Gasteiger partial charge in [-0.25, -0.2) is 17.5 Å². The van der Waals surface area contributed by atoms with Crippen LogP contribution in [0.4, 0.5) is 10.2 Å². The molecule has 1 aromatic carbocycles. The highest BCUT2D eigenvalue weighted by Crippen LogP contribution is 2.33. The molecule has 0 saturated carbocycles. The summed E-state index contributed by atoms with van der Waals surface area (Å²) in [5, 5.41) is 6.83. The number of nitrogens with zero attached hydrogens (tertiary/aromatic N) is 3. The molecule has 2 aromatic rings. The number of anilines is 1. The summed E-state index contributed by atoms with van der Waals surface area (Å²) >= 11 is 0. The van der Waals surface area contributed by atoms with Gasteiger partial charge in [-0.2, -0.15) is 5.10 Å². The normalized spacial score (nSPS) is 22.6. The van der Waals surface area contributed by atoms with Gasteiger partial charge < -0.3 is 15.0 Å². The van der Waals surface area contributed by atoms with Crippen LogP contribution in [0.1, 0.15) is 25.1 Å². The van der Waals surface area contributed by atoms with Crippen molar-refractivity contribution in [2.24, 2.45) is 0 Å². The molecule has 11 heteroatoms. The molecule has 1 aromatic heterocycles. The van der Waals surface area contributed by atoms with Crippen LogP contribution < -0.4 is 5.32 Å².